The molecule has 4 heteroatoms. The Kier molecular flexibility index (Phi) is 6.49. The number of hydrogen-bond donors (Lipinski definition) is 1. The molecule has 1 saturated heterocycles. The van der Waals surface area contributed by atoms with Gasteiger partial charge in [-0.3, -0.25) is 4.79 Å². The van der Waals surface area contributed by atoms with Gasteiger partial charge in [-0.2, -0.15) is 0 Å². The van der Waals surface area contributed by atoms with Crippen molar-refractivity contribution in [3.8, 4) is 0 Å². The van der Waals surface area contributed by atoms with E-state index in [9.17, 15) is 4.79 Å². The predicted molar refractivity (Wildman–Crippen MR) is 85.2 cm³/mol. The number of hydrogen-bond acceptors (Lipinski definition) is 3. The number of piperidine rings is 1. The molecule has 2 unspecified atom stereocenters. The van der Waals surface area contributed by atoms with Crippen molar-refractivity contribution in [1.29, 1.82) is 0 Å². The molecule has 0 bridgehead atoms. The highest BCUT2D eigenvalue weighted by Gasteiger charge is 2.34. The molecule has 21 heavy (non-hydrogen) atoms. The fourth-order valence-corrected chi connectivity index (χ4v) is 3.59. The van der Waals surface area contributed by atoms with Crippen molar-refractivity contribution in [2.45, 2.75) is 65.0 Å². The number of nitrogens with zero attached hydrogens (tertiary/aromatic N) is 1. The van der Waals surface area contributed by atoms with Crippen molar-refractivity contribution in [1.82, 2.24) is 10.2 Å². The van der Waals surface area contributed by atoms with E-state index in [4.69, 9.17) is 4.74 Å². The van der Waals surface area contributed by atoms with Crippen molar-refractivity contribution in [2.24, 2.45) is 11.8 Å². The van der Waals surface area contributed by atoms with Crippen LogP contribution in [0, 0.1) is 11.8 Å². The summed E-state index contributed by atoms with van der Waals surface area (Å²) < 4.78 is 5.57. The number of rotatable bonds is 7. The molecule has 1 heterocycles. The molecule has 1 amide bonds. The highest BCUT2D eigenvalue weighted by atomic mass is 16.5. The third-order valence-electron chi connectivity index (χ3n) is 4.97. The van der Waals surface area contributed by atoms with E-state index in [-0.39, 0.29) is 0 Å². The Hall–Kier alpha value is -0.610. The lowest BCUT2D eigenvalue weighted by Gasteiger charge is -2.40. The number of carbonyl (C=O) groups excluding carboxylic acids is 1. The summed E-state index contributed by atoms with van der Waals surface area (Å²) in [6.45, 7) is 10.2. The Labute approximate surface area is 129 Å². The lowest BCUT2D eigenvalue weighted by molar-refractivity contribution is -0.136. The van der Waals surface area contributed by atoms with Gasteiger partial charge in [0.15, 0.2) is 0 Å². The fourth-order valence-electron chi connectivity index (χ4n) is 3.59. The number of ether oxygens (including phenoxy) is 1. The molecule has 0 radical (unpaired) electrons. The molecule has 2 aliphatic rings. The summed E-state index contributed by atoms with van der Waals surface area (Å²) in [4.78, 5) is 14.5. The summed E-state index contributed by atoms with van der Waals surface area (Å²) in [7, 11) is 0. The van der Waals surface area contributed by atoms with Gasteiger partial charge in [0.1, 0.15) is 0 Å². The molecule has 2 rings (SSSR count). The summed E-state index contributed by atoms with van der Waals surface area (Å²) >= 11 is 0. The Morgan fingerprint density at radius 2 is 2.10 bits per heavy atom. The molecule has 1 aliphatic heterocycles. The van der Waals surface area contributed by atoms with Crippen LogP contribution in [0.4, 0.5) is 0 Å². The van der Waals surface area contributed by atoms with Crippen molar-refractivity contribution < 1.29 is 9.53 Å². The molecule has 0 spiro atoms. The van der Waals surface area contributed by atoms with Crippen LogP contribution in [-0.4, -0.2) is 49.2 Å². The minimum Gasteiger partial charge on any atom is -0.378 e. The molecule has 1 aliphatic carbocycles. The maximum Gasteiger partial charge on any atom is 0.222 e. The summed E-state index contributed by atoms with van der Waals surface area (Å²) in [5, 5.41) is 3.61. The van der Waals surface area contributed by atoms with E-state index >= 15 is 0 Å². The Morgan fingerprint density at radius 3 is 2.71 bits per heavy atom. The second-order valence-electron chi connectivity index (χ2n) is 6.79. The number of likely N-dealkylation sites (tertiary alicyclic amines) is 1. The van der Waals surface area contributed by atoms with Crippen LogP contribution in [-0.2, 0) is 9.53 Å². The van der Waals surface area contributed by atoms with Crippen LogP contribution in [0.15, 0.2) is 0 Å². The zero-order valence-corrected chi connectivity index (χ0v) is 13.9. The number of nitrogens with one attached hydrogen (secondary N) is 1. The fraction of sp³-hybridized carbons (Fsp3) is 0.941. The van der Waals surface area contributed by atoms with Crippen LogP contribution >= 0.6 is 0 Å². The SMILES string of the molecule is CCCNC1CCN(C(=O)CC2CC(OCC)C2)CC1C. The minimum atomic E-state index is 0.357. The van der Waals surface area contributed by atoms with Crippen LogP contribution in [0.3, 0.4) is 0 Å². The van der Waals surface area contributed by atoms with Crippen LogP contribution < -0.4 is 5.32 Å². The van der Waals surface area contributed by atoms with Gasteiger partial charge in [-0.15, -0.1) is 0 Å². The van der Waals surface area contributed by atoms with Gasteiger partial charge in [0.2, 0.25) is 5.91 Å². The van der Waals surface area contributed by atoms with Gasteiger partial charge >= 0.3 is 0 Å². The predicted octanol–water partition coefficient (Wildman–Crippen LogP) is 2.43. The molecule has 1 saturated carbocycles. The largest absolute Gasteiger partial charge is 0.378 e. The average Bonchev–Trinajstić information content (AvgIpc) is 2.43. The Bertz CT molecular complexity index is 329. The number of amides is 1. The summed E-state index contributed by atoms with van der Waals surface area (Å²) in [5.74, 6) is 1.47. The minimum absolute atomic E-state index is 0.357. The van der Waals surface area contributed by atoms with Gasteiger partial charge in [-0.1, -0.05) is 13.8 Å². The maximum absolute atomic E-state index is 12.4. The van der Waals surface area contributed by atoms with Gasteiger partial charge in [0.25, 0.3) is 0 Å². The molecular weight excluding hydrogens is 264 g/mol. The van der Waals surface area contributed by atoms with E-state index in [2.05, 4.69) is 24.1 Å². The van der Waals surface area contributed by atoms with Gasteiger partial charge in [-0.25, -0.2) is 0 Å². The van der Waals surface area contributed by atoms with Crippen molar-refractivity contribution in [3.05, 3.63) is 0 Å². The molecule has 122 valence electrons. The third-order valence-corrected chi connectivity index (χ3v) is 4.97. The lowest BCUT2D eigenvalue weighted by atomic mass is 9.79. The first-order valence-corrected chi connectivity index (χ1v) is 8.76. The first-order valence-electron chi connectivity index (χ1n) is 8.76. The van der Waals surface area contributed by atoms with E-state index < -0.39 is 0 Å². The molecule has 2 fully saturated rings. The van der Waals surface area contributed by atoms with E-state index in [1.807, 2.05) is 6.92 Å². The monoisotopic (exact) mass is 296 g/mol. The summed E-state index contributed by atoms with van der Waals surface area (Å²) in [6.07, 6.45) is 5.56. The molecule has 1 N–H and O–H groups in total. The highest BCUT2D eigenvalue weighted by molar-refractivity contribution is 5.76. The molecule has 4 nitrogen and oxygen atoms in total. The van der Waals surface area contributed by atoms with Gasteiger partial charge in [0, 0.05) is 32.2 Å². The first kappa shape index (κ1) is 16.8. The molecular formula is C17H32N2O2. The Morgan fingerprint density at radius 1 is 1.33 bits per heavy atom. The third kappa shape index (κ3) is 4.68. The maximum atomic E-state index is 12.4. The zero-order chi connectivity index (χ0) is 15.2. The first-order chi connectivity index (χ1) is 10.1. The molecule has 0 aromatic heterocycles. The standard InChI is InChI=1S/C17H32N2O2/c1-4-7-18-16-6-8-19(12-13(16)3)17(20)11-14-9-15(10-14)21-5-2/h13-16,18H,4-12H2,1-3H3. The highest BCUT2D eigenvalue weighted by Crippen LogP contribution is 2.33. The van der Waals surface area contributed by atoms with Gasteiger partial charge < -0.3 is 15.0 Å². The van der Waals surface area contributed by atoms with Crippen LogP contribution in [0.1, 0.15) is 52.9 Å². The zero-order valence-electron chi connectivity index (χ0n) is 13.9. The van der Waals surface area contributed by atoms with Crippen LogP contribution in [0.5, 0.6) is 0 Å². The number of carbonyl (C=O) groups is 1. The van der Waals surface area contributed by atoms with Crippen molar-refractivity contribution in [3.63, 3.8) is 0 Å². The molecule has 0 aromatic carbocycles. The van der Waals surface area contributed by atoms with Gasteiger partial charge in [-0.05, 0) is 51.0 Å². The second kappa shape index (κ2) is 8.14. The topological polar surface area (TPSA) is 41.6 Å². The van der Waals surface area contributed by atoms with E-state index in [1.165, 1.54) is 6.42 Å². The quantitative estimate of drug-likeness (QED) is 0.784. The van der Waals surface area contributed by atoms with E-state index in [0.717, 1.165) is 51.9 Å². The van der Waals surface area contributed by atoms with Crippen molar-refractivity contribution in [2.75, 3.05) is 26.2 Å². The van der Waals surface area contributed by atoms with Crippen LogP contribution in [0.2, 0.25) is 0 Å². The Balaban J connectivity index is 1.68. The summed E-state index contributed by atoms with van der Waals surface area (Å²) in [5.41, 5.74) is 0. The van der Waals surface area contributed by atoms with E-state index in [1.54, 1.807) is 0 Å². The van der Waals surface area contributed by atoms with E-state index in [0.29, 0.717) is 29.9 Å². The van der Waals surface area contributed by atoms with Gasteiger partial charge in [0.05, 0.1) is 6.10 Å². The molecule has 2 atom stereocenters. The van der Waals surface area contributed by atoms with Crippen molar-refractivity contribution >= 4 is 5.91 Å². The summed E-state index contributed by atoms with van der Waals surface area (Å²) in [6, 6.07) is 0.583. The average molecular weight is 296 g/mol. The lowest BCUT2D eigenvalue weighted by Crippen LogP contribution is -2.50. The normalized spacial score (nSPS) is 32.8. The smallest absolute Gasteiger partial charge is 0.222 e. The molecule has 0 aromatic rings. The van der Waals surface area contributed by atoms with Crippen LogP contribution in [0.25, 0.3) is 0 Å². The second-order valence-corrected chi connectivity index (χ2v) is 6.79.